The van der Waals surface area contributed by atoms with Gasteiger partial charge in [-0.1, -0.05) is 0 Å². The molecule has 0 bridgehead atoms. The van der Waals surface area contributed by atoms with Gasteiger partial charge in [-0.3, -0.25) is 14.9 Å². The van der Waals surface area contributed by atoms with Gasteiger partial charge in [-0.25, -0.2) is 4.79 Å². The number of imide groups is 1. The highest BCUT2D eigenvalue weighted by Crippen LogP contribution is 2.10. The Labute approximate surface area is 111 Å². The molecule has 1 saturated heterocycles. The lowest BCUT2D eigenvalue weighted by Gasteiger charge is -2.22. The van der Waals surface area contributed by atoms with Gasteiger partial charge in [0.15, 0.2) is 0 Å². The molecule has 1 aliphatic heterocycles. The molecule has 0 spiro atoms. The summed E-state index contributed by atoms with van der Waals surface area (Å²) in [5.74, 6) is -1.25. The molecule has 0 aromatic rings. The topological polar surface area (TPSA) is 95.9 Å². The Morgan fingerprint density at radius 1 is 1.32 bits per heavy atom. The number of nitrogens with one attached hydrogen (secondary N) is 1. The highest BCUT2D eigenvalue weighted by Gasteiger charge is 2.24. The van der Waals surface area contributed by atoms with Crippen molar-refractivity contribution in [3.05, 3.63) is 0 Å². The molecule has 108 valence electrons. The van der Waals surface area contributed by atoms with E-state index in [0.717, 1.165) is 6.42 Å². The lowest BCUT2D eigenvalue weighted by atomic mass is 10.2. The first-order chi connectivity index (χ1) is 9.00. The third-order valence-corrected chi connectivity index (χ3v) is 3.06. The summed E-state index contributed by atoms with van der Waals surface area (Å²) in [6.45, 7) is 1.13. The Kier molecular flexibility index (Phi) is 6.27. The number of urea groups is 1. The zero-order valence-corrected chi connectivity index (χ0v) is 11.1. The van der Waals surface area contributed by atoms with E-state index in [9.17, 15) is 14.4 Å². The first kappa shape index (κ1) is 15.4. The van der Waals surface area contributed by atoms with E-state index in [2.05, 4.69) is 5.32 Å². The zero-order valence-electron chi connectivity index (χ0n) is 11.1. The van der Waals surface area contributed by atoms with Crippen LogP contribution >= 0.6 is 0 Å². The maximum absolute atomic E-state index is 11.7. The van der Waals surface area contributed by atoms with Crippen LogP contribution in [0.5, 0.6) is 0 Å². The molecule has 7 nitrogen and oxygen atoms in total. The van der Waals surface area contributed by atoms with Crippen molar-refractivity contribution in [3.63, 3.8) is 0 Å². The molecule has 1 fully saturated rings. The van der Waals surface area contributed by atoms with Crippen molar-refractivity contribution in [1.29, 1.82) is 0 Å². The second kappa shape index (κ2) is 7.73. The summed E-state index contributed by atoms with van der Waals surface area (Å²) in [7, 11) is 1.63. The maximum Gasteiger partial charge on any atom is 0.324 e. The summed E-state index contributed by atoms with van der Waals surface area (Å²) in [6, 6.07) is -0.418. The highest BCUT2D eigenvalue weighted by atomic mass is 16.5. The van der Waals surface area contributed by atoms with E-state index in [1.54, 1.807) is 7.05 Å². The van der Waals surface area contributed by atoms with Crippen molar-refractivity contribution in [2.45, 2.75) is 38.1 Å². The monoisotopic (exact) mass is 272 g/mol. The van der Waals surface area contributed by atoms with Crippen LogP contribution in [-0.2, 0) is 14.3 Å². The number of hydrogen-bond acceptors (Lipinski definition) is 4. The summed E-state index contributed by atoms with van der Waals surface area (Å²) in [5, 5.41) is 10.7. The number of rotatable bonds is 6. The van der Waals surface area contributed by atoms with Crippen molar-refractivity contribution in [2.24, 2.45) is 0 Å². The largest absolute Gasteiger partial charge is 0.481 e. The van der Waals surface area contributed by atoms with Gasteiger partial charge >= 0.3 is 12.0 Å². The van der Waals surface area contributed by atoms with Gasteiger partial charge in [0.25, 0.3) is 0 Å². The Bertz CT molecular complexity index is 339. The third-order valence-electron chi connectivity index (χ3n) is 3.06. The van der Waals surface area contributed by atoms with Crippen molar-refractivity contribution < 1.29 is 24.2 Å². The molecule has 1 aliphatic rings. The molecule has 0 saturated carbocycles. The number of nitrogens with zero attached hydrogens (tertiary/aromatic N) is 1. The summed E-state index contributed by atoms with van der Waals surface area (Å²) in [5.41, 5.74) is 0. The van der Waals surface area contributed by atoms with E-state index >= 15 is 0 Å². The van der Waals surface area contributed by atoms with E-state index in [1.165, 1.54) is 4.90 Å². The Morgan fingerprint density at radius 2 is 2.00 bits per heavy atom. The van der Waals surface area contributed by atoms with Crippen LogP contribution in [0.3, 0.4) is 0 Å². The fraction of sp³-hybridized carbons (Fsp3) is 0.750. The lowest BCUT2D eigenvalue weighted by molar-refractivity contribution is -0.137. The van der Waals surface area contributed by atoms with Gasteiger partial charge in [-0.2, -0.15) is 0 Å². The predicted octanol–water partition coefficient (Wildman–Crippen LogP) is 0.588. The predicted molar refractivity (Wildman–Crippen MR) is 66.6 cm³/mol. The van der Waals surface area contributed by atoms with Crippen molar-refractivity contribution >= 4 is 17.9 Å². The summed E-state index contributed by atoms with van der Waals surface area (Å²) in [6.07, 6.45) is 1.87. The molecule has 0 aliphatic carbocycles. The molecule has 1 unspecified atom stereocenters. The number of carbonyl (C=O) groups is 3. The standard InChI is InChI=1S/C12H20N2O5/c1-14(9-6-7-19-8-9)12(18)13-10(15)4-2-3-5-11(16)17/h9H,2-8H2,1H3,(H,16,17)(H,13,15,18). The molecule has 1 rings (SSSR count). The first-order valence-electron chi connectivity index (χ1n) is 6.37. The number of amides is 3. The van der Waals surface area contributed by atoms with Crippen LogP contribution in [0.15, 0.2) is 0 Å². The lowest BCUT2D eigenvalue weighted by Crippen LogP contribution is -2.46. The van der Waals surface area contributed by atoms with Crippen molar-refractivity contribution in [1.82, 2.24) is 10.2 Å². The number of carboxylic acids is 1. The molecule has 19 heavy (non-hydrogen) atoms. The molecule has 0 aromatic heterocycles. The van der Waals surface area contributed by atoms with Gasteiger partial charge in [-0.05, 0) is 19.3 Å². The van der Waals surface area contributed by atoms with Gasteiger partial charge in [0, 0.05) is 26.5 Å². The summed E-state index contributed by atoms with van der Waals surface area (Å²) in [4.78, 5) is 35.0. The summed E-state index contributed by atoms with van der Waals surface area (Å²) >= 11 is 0. The second-order valence-electron chi connectivity index (χ2n) is 4.58. The number of ether oxygens (including phenoxy) is 1. The molecule has 0 radical (unpaired) electrons. The quantitative estimate of drug-likeness (QED) is 0.690. The molecular formula is C12H20N2O5. The van der Waals surface area contributed by atoms with Gasteiger partial charge in [0.05, 0.1) is 12.6 Å². The number of likely N-dealkylation sites (N-methyl/N-ethyl adjacent to an activating group) is 1. The Balaban J connectivity index is 2.19. The number of carbonyl (C=O) groups excluding carboxylic acids is 2. The molecular weight excluding hydrogens is 252 g/mol. The number of hydrogen-bond donors (Lipinski definition) is 2. The van der Waals surface area contributed by atoms with Crippen LogP contribution in [0.4, 0.5) is 4.79 Å². The fourth-order valence-corrected chi connectivity index (χ4v) is 1.83. The SMILES string of the molecule is CN(C(=O)NC(=O)CCCCC(=O)O)C1CCOC1. The molecule has 2 N–H and O–H groups in total. The minimum Gasteiger partial charge on any atom is -0.481 e. The van der Waals surface area contributed by atoms with Gasteiger partial charge in [-0.15, -0.1) is 0 Å². The van der Waals surface area contributed by atoms with Gasteiger partial charge < -0.3 is 14.7 Å². The van der Waals surface area contributed by atoms with E-state index in [-0.39, 0.29) is 24.8 Å². The average molecular weight is 272 g/mol. The van der Waals surface area contributed by atoms with E-state index in [0.29, 0.717) is 26.1 Å². The second-order valence-corrected chi connectivity index (χ2v) is 4.58. The van der Waals surface area contributed by atoms with E-state index in [4.69, 9.17) is 9.84 Å². The van der Waals surface area contributed by atoms with Crippen LogP contribution in [-0.4, -0.2) is 54.2 Å². The molecule has 1 heterocycles. The minimum atomic E-state index is -0.877. The van der Waals surface area contributed by atoms with Crippen LogP contribution in [0.2, 0.25) is 0 Å². The Morgan fingerprint density at radius 3 is 2.58 bits per heavy atom. The smallest absolute Gasteiger partial charge is 0.324 e. The molecule has 7 heteroatoms. The number of carboxylic acid groups (broad SMARTS) is 1. The van der Waals surface area contributed by atoms with Crippen molar-refractivity contribution in [3.8, 4) is 0 Å². The van der Waals surface area contributed by atoms with Crippen LogP contribution in [0.1, 0.15) is 32.1 Å². The third kappa shape index (κ3) is 5.69. The summed E-state index contributed by atoms with van der Waals surface area (Å²) < 4.78 is 5.17. The van der Waals surface area contributed by atoms with Crippen molar-refractivity contribution in [2.75, 3.05) is 20.3 Å². The number of aliphatic carboxylic acids is 1. The normalized spacial score (nSPS) is 18.1. The number of unbranched alkanes of at least 4 members (excludes halogenated alkanes) is 1. The van der Waals surface area contributed by atoms with Crippen LogP contribution in [0, 0.1) is 0 Å². The molecule has 1 atom stereocenters. The molecule has 0 aromatic carbocycles. The first-order valence-corrected chi connectivity index (χ1v) is 6.37. The van der Waals surface area contributed by atoms with Crippen LogP contribution in [0.25, 0.3) is 0 Å². The van der Waals surface area contributed by atoms with E-state index < -0.39 is 12.0 Å². The fourth-order valence-electron chi connectivity index (χ4n) is 1.83. The Hall–Kier alpha value is -1.63. The van der Waals surface area contributed by atoms with E-state index in [1.807, 2.05) is 0 Å². The maximum atomic E-state index is 11.7. The van der Waals surface area contributed by atoms with Gasteiger partial charge in [0.2, 0.25) is 5.91 Å². The van der Waals surface area contributed by atoms with Crippen LogP contribution < -0.4 is 5.32 Å². The highest BCUT2D eigenvalue weighted by molar-refractivity contribution is 5.94. The zero-order chi connectivity index (χ0) is 14.3. The minimum absolute atomic E-state index is 0.0137. The van der Waals surface area contributed by atoms with Gasteiger partial charge in [0.1, 0.15) is 0 Å². The molecule has 3 amide bonds. The average Bonchev–Trinajstić information content (AvgIpc) is 2.87.